The second-order valence-electron chi connectivity index (χ2n) is 7.62. The lowest BCUT2D eigenvalue weighted by Gasteiger charge is -2.43. The van der Waals surface area contributed by atoms with Gasteiger partial charge in [-0.3, -0.25) is 4.79 Å². The average Bonchev–Trinajstić information content (AvgIpc) is 3.27. The van der Waals surface area contributed by atoms with Gasteiger partial charge in [-0.2, -0.15) is 15.0 Å². The number of hydrogen-bond donors (Lipinski definition) is 1. The molecule has 8 nitrogen and oxygen atoms in total. The number of likely N-dealkylation sites (tertiary alicyclic amines) is 1. The summed E-state index contributed by atoms with van der Waals surface area (Å²) in [6.45, 7) is 1.15. The average molecular weight is 482 g/mol. The van der Waals surface area contributed by atoms with Gasteiger partial charge in [-0.05, 0) is 24.1 Å². The van der Waals surface area contributed by atoms with Crippen LogP contribution < -0.4 is 5.32 Å². The Morgan fingerprint density at radius 1 is 1.19 bits per heavy atom. The van der Waals surface area contributed by atoms with Crippen LogP contribution in [0.25, 0.3) is 5.69 Å². The Morgan fingerprint density at radius 2 is 1.88 bits per heavy atom. The molecule has 4 rings (SSSR count). The second kappa shape index (κ2) is 8.95. The normalized spacial score (nSPS) is 20.2. The Kier molecular flexibility index (Phi) is 6.25. The summed E-state index contributed by atoms with van der Waals surface area (Å²) in [5.41, 5.74) is 0.477. The number of hydrogen-bond acceptors (Lipinski definition) is 6. The SMILES string of the molecule is CC1CC(F)(F)CN(C(=O)c2cc(Cl)ccc2-n2nccn2)C1CNc1ncc(Cl)cn1. The van der Waals surface area contributed by atoms with Crippen molar-refractivity contribution in [2.24, 2.45) is 5.92 Å². The third-order valence-electron chi connectivity index (χ3n) is 5.25. The fraction of sp³-hybridized carbons (Fsp3) is 0.350. The molecule has 0 radical (unpaired) electrons. The van der Waals surface area contributed by atoms with E-state index in [1.54, 1.807) is 19.1 Å². The number of amides is 1. The lowest BCUT2D eigenvalue weighted by molar-refractivity contribution is -0.0897. The smallest absolute Gasteiger partial charge is 0.265 e. The van der Waals surface area contributed by atoms with Crippen molar-refractivity contribution in [1.82, 2.24) is 29.9 Å². The van der Waals surface area contributed by atoms with E-state index in [1.807, 2.05) is 0 Å². The second-order valence-corrected chi connectivity index (χ2v) is 8.50. The monoisotopic (exact) mass is 481 g/mol. The van der Waals surface area contributed by atoms with E-state index >= 15 is 0 Å². The molecule has 1 aliphatic rings. The minimum absolute atomic E-state index is 0.131. The first-order valence-electron chi connectivity index (χ1n) is 9.80. The highest BCUT2D eigenvalue weighted by molar-refractivity contribution is 6.31. The number of alkyl halides is 2. The van der Waals surface area contributed by atoms with Crippen LogP contribution in [-0.4, -0.2) is 60.8 Å². The quantitative estimate of drug-likeness (QED) is 0.593. The Hall–Kier alpha value is -2.85. The Morgan fingerprint density at radius 3 is 2.56 bits per heavy atom. The molecule has 1 aliphatic heterocycles. The zero-order valence-corrected chi connectivity index (χ0v) is 18.4. The highest BCUT2D eigenvalue weighted by Crippen LogP contribution is 2.36. The van der Waals surface area contributed by atoms with E-state index in [-0.39, 0.29) is 24.5 Å². The molecule has 2 unspecified atom stereocenters. The largest absolute Gasteiger partial charge is 0.352 e. The van der Waals surface area contributed by atoms with Crippen molar-refractivity contribution in [3.05, 3.63) is 58.6 Å². The summed E-state index contributed by atoms with van der Waals surface area (Å²) in [6, 6.07) is 4.06. The fourth-order valence-corrected chi connectivity index (χ4v) is 4.10. The van der Waals surface area contributed by atoms with Gasteiger partial charge in [0.2, 0.25) is 5.95 Å². The molecule has 168 valence electrons. The van der Waals surface area contributed by atoms with Crippen LogP contribution in [-0.2, 0) is 0 Å². The number of nitrogens with zero attached hydrogens (tertiary/aromatic N) is 6. The van der Waals surface area contributed by atoms with Gasteiger partial charge in [-0.1, -0.05) is 30.1 Å². The summed E-state index contributed by atoms with van der Waals surface area (Å²) >= 11 is 11.9. The molecular formula is C20H19Cl2F2N7O. The first-order chi connectivity index (χ1) is 15.2. The molecule has 0 spiro atoms. The molecule has 32 heavy (non-hydrogen) atoms. The number of halogens is 4. The first-order valence-corrected chi connectivity index (χ1v) is 10.6. The standard InChI is InChI=1S/C20H19Cl2F2N7O/c1-12-7-20(23,24)11-30(17(12)10-27-19-25-8-14(22)9-26-19)18(32)15-6-13(21)2-3-16(15)31-28-4-5-29-31/h2-6,8-9,12,17H,7,10-11H2,1H3,(H,25,26,27). The maximum Gasteiger partial charge on any atom is 0.265 e. The van der Waals surface area contributed by atoms with Gasteiger partial charge in [-0.25, -0.2) is 18.7 Å². The van der Waals surface area contributed by atoms with Crippen LogP contribution in [0.15, 0.2) is 43.0 Å². The van der Waals surface area contributed by atoms with Gasteiger partial charge in [0.1, 0.15) is 0 Å². The summed E-state index contributed by atoms with van der Waals surface area (Å²) in [6.07, 6.45) is 5.42. The van der Waals surface area contributed by atoms with Gasteiger partial charge in [0, 0.05) is 18.0 Å². The van der Waals surface area contributed by atoms with Crippen molar-refractivity contribution >= 4 is 35.1 Å². The molecule has 1 amide bonds. The van der Waals surface area contributed by atoms with E-state index in [0.29, 0.717) is 15.7 Å². The van der Waals surface area contributed by atoms with E-state index < -0.39 is 30.3 Å². The third kappa shape index (κ3) is 4.81. The van der Waals surface area contributed by atoms with Gasteiger partial charge in [-0.15, -0.1) is 0 Å². The highest BCUT2D eigenvalue weighted by atomic mass is 35.5. The van der Waals surface area contributed by atoms with Crippen molar-refractivity contribution in [1.29, 1.82) is 0 Å². The molecule has 1 fully saturated rings. The van der Waals surface area contributed by atoms with Gasteiger partial charge < -0.3 is 10.2 Å². The zero-order valence-electron chi connectivity index (χ0n) is 16.9. The molecule has 1 N–H and O–H groups in total. The Bertz CT molecular complexity index is 1100. The van der Waals surface area contributed by atoms with Crippen molar-refractivity contribution in [3.8, 4) is 5.69 Å². The van der Waals surface area contributed by atoms with Crippen LogP contribution in [0.3, 0.4) is 0 Å². The molecule has 1 saturated heterocycles. The molecule has 12 heteroatoms. The molecule has 1 aromatic carbocycles. The molecule has 2 atom stereocenters. The lowest BCUT2D eigenvalue weighted by atomic mass is 9.87. The molecule has 0 aliphatic carbocycles. The zero-order chi connectivity index (χ0) is 22.9. The fourth-order valence-electron chi connectivity index (χ4n) is 3.83. The summed E-state index contributed by atoms with van der Waals surface area (Å²) in [7, 11) is 0. The highest BCUT2D eigenvalue weighted by Gasteiger charge is 2.46. The molecule has 3 aromatic rings. The number of benzene rings is 1. The number of aromatic nitrogens is 5. The number of rotatable bonds is 5. The molecule has 3 heterocycles. The van der Waals surface area contributed by atoms with E-state index in [0.717, 1.165) is 0 Å². The van der Waals surface area contributed by atoms with Crippen molar-refractivity contribution in [2.45, 2.75) is 25.3 Å². The summed E-state index contributed by atoms with van der Waals surface area (Å²) in [5.74, 6) is -3.82. The third-order valence-corrected chi connectivity index (χ3v) is 5.68. The summed E-state index contributed by atoms with van der Waals surface area (Å²) < 4.78 is 29.0. The van der Waals surface area contributed by atoms with E-state index in [2.05, 4.69) is 25.5 Å². The van der Waals surface area contributed by atoms with E-state index in [9.17, 15) is 13.6 Å². The first kappa shape index (κ1) is 22.3. The number of piperidine rings is 1. The maximum absolute atomic E-state index is 14.5. The summed E-state index contributed by atoms with van der Waals surface area (Å²) in [5, 5.41) is 11.8. The van der Waals surface area contributed by atoms with Gasteiger partial charge in [0.05, 0.1) is 53.6 Å². The minimum atomic E-state index is -3.02. The van der Waals surface area contributed by atoms with Crippen LogP contribution in [0, 0.1) is 5.92 Å². The molecule has 0 saturated carbocycles. The molecule has 0 bridgehead atoms. The van der Waals surface area contributed by atoms with Crippen LogP contribution in [0.1, 0.15) is 23.7 Å². The molecular weight excluding hydrogens is 463 g/mol. The van der Waals surface area contributed by atoms with E-state index in [1.165, 1.54) is 40.6 Å². The van der Waals surface area contributed by atoms with Crippen LogP contribution in [0.2, 0.25) is 10.0 Å². The van der Waals surface area contributed by atoms with Gasteiger partial charge >= 0.3 is 0 Å². The number of carbonyl (C=O) groups is 1. The molecule has 2 aromatic heterocycles. The van der Waals surface area contributed by atoms with Crippen molar-refractivity contribution in [3.63, 3.8) is 0 Å². The van der Waals surface area contributed by atoms with Crippen molar-refractivity contribution in [2.75, 3.05) is 18.4 Å². The summed E-state index contributed by atoms with van der Waals surface area (Å²) in [4.78, 5) is 24.1. The van der Waals surface area contributed by atoms with Crippen LogP contribution >= 0.6 is 23.2 Å². The van der Waals surface area contributed by atoms with Crippen molar-refractivity contribution < 1.29 is 13.6 Å². The van der Waals surface area contributed by atoms with E-state index in [4.69, 9.17) is 23.2 Å². The number of carbonyl (C=O) groups excluding carboxylic acids is 1. The van der Waals surface area contributed by atoms with Crippen LogP contribution in [0.4, 0.5) is 14.7 Å². The Labute approximate surface area is 192 Å². The van der Waals surface area contributed by atoms with Gasteiger partial charge in [0.15, 0.2) is 0 Å². The Balaban J connectivity index is 1.65. The number of anilines is 1. The predicted octanol–water partition coefficient (Wildman–Crippen LogP) is 3.96. The van der Waals surface area contributed by atoms with Gasteiger partial charge in [0.25, 0.3) is 11.8 Å². The number of nitrogens with one attached hydrogen (secondary N) is 1. The maximum atomic E-state index is 14.5. The topological polar surface area (TPSA) is 88.8 Å². The lowest BCUT2D eigenvalue weighted by Crippen LogP contribution is -2.57. The minimum Gasteiger partial charge on any atom is -0.352 e. The predicted molar refractivity (Wildman–Crippen MR) is 115 cm³/mol. The van der Waals surface area contributed by atoms with Crippen LogP contribution in [0.5, 0.6) is 0 Å².